The molecule has 34 heavy (non-hydrogen) atoms. The Balaban J connectivity index is 1.30. The van der Waals surface area contributed by atoms with Gasteiger partial charge in [-0.15, -0.1) is 0 Å². The number of pyridine rings is 1. The van der Waals surface area contributed by atoms with Gasteiger partial charge in [-0.25, -0.2) is 9.97 Å². The Kier molecular flexibility index (Phi) is 4.61. The lowest BCUT2D eigenvalue weighted by Crippen LogP contribution is -2.60. The molecule has 0 unspecified atom stereocenters. The quantitative estimate of drug-likeness (QED) is 0.634. The van der Waals surface area contributed by atoms with Gasteiger partial charge in [0.05, 0.1) is 0 Å². The number of rotatable bonds is 4. The van der Waals surface area contributed by atoms with Crippen molar-refractivity contribution >= 4 is 29.1 Å². The zero-order chi connectivity index (χ0) is 23.7. The van der Waals surface area contributed by atoms with Gasteiger partial charge in [0, 0.05) is 25.1 Å². The van der Waals surface area contributed by atoms with Crippen LogP contribution in [-0.4, -0.2) is 51.4 Å². The van der Waals surface area contributed by atoms with E-state index in [0.29, 0.717) is 28.4 Å². The molecule has 0 bridgehead atoms. The van der Waals surface area contributed by atoms with Crippen molar-refractivity contribution in [2.24, 2.45) is 11.3 Å². The van der Waals surface area contributed by atoms with E-state index in [0.717, 1.165) is 57.2 Å². The predicted octanol–water partition coefficient (Wildman–Crippen LogP) is 1.94. The average molecular weight is 464 g/mol. The summed E-state index contributed by atoms with van der Waals surface area (Å²) in [5.41, 5.74) is 0.903. The van der Waals surface area contributed by atoms with Crippen LogP contribution in [0.15, 0.2) is 23.3 Å². The molecule has 1 saturated heterocycles. The van der Waals surface area contributed by atoms with E-state index >= 15 is 0 Å². The first kappa shape index (κ1) is 21.3. The Hall–Kier alpha value is -3.27. The predicted molar refractivity (Wildman–Crippen MR) is 126 cm³/mol. The number of aromatic nitrogens is 3. The van der Waals surface area contributed by atoms with Crippen LogP contribution in [0, 0.1) is 18.3 Å². The molecule has 6 rings (SSSR count). The summed E-state index contributed by atoms with van der Waals surface area (Å²) in [6, 6.07) is 3.31. The highest BCUT2D eigenvalue weighted by Crippen LogP contribution is 2.49. The Labute approximate surface area is 197 Å². The van der Waals surface area contributed by atoms with Gasteiger partial charge >= 0.3 is 0 Å². The largest absolute Gasteiger partial charge is 0.336 e. The van der Waals surface area contributed by atoms with Crippen molar-refractivity contribution in [1.82, 2.24) is 24.8 Å². The fourth-order valence-electron chi connectivity index (χ4n) is 6.01. The van der Waals surface area contributed by atoms with Gasteiger partial charge < -0.3 is 20.9 Å². The van der Waals surface area contributed by atoms with Crippen LogP contribution in [0.25, 0.3) is 0 Å². The third kappa shape index (κ3) is 3.39. The first-order chi connectivity index (χ1) is 16.3. The summed E-state index contributed by atoms with van der Waals surface area (Å²) < 4.78 is 1.68. The van der Waals surface area contributed by atoms with Crippen LogP contribution in [-0.2, 0) is 10.5 Å². The normalized spacial score (nSPS) is 22.2. The molecule has 178 valence electrons. The Morgan fingerprint density at radius 3 is 2.47 bits per heavy atom. The van der Waals surface area contributed by atoms with E-state index in [1.165, 1.54) is 6.33 Å². The van der Waals surface area contributed by atoms with Gasteiger partial charge in [0.2, 0.25) is 5.91 Å². The zero-order valence-corrected chi connectivity index (χ0v) is 19.5. The lowest BCUT2D eigenvalue weighted by atomic mass is 9.66. The van der Waals surface area contributed by atoms with Crippen LogP contribution in [0.1, 0.15) is 54.6 Å². The number of carbonyl (C=O) groups excluding carboxylic acids is 2. The fraction of sp³-hybridized carbons (Fsp3) is 0.542. The second-order valence-electron chi connectivity index (χ2n) is 10.6. The Bertz CT molecular complexity index is 1250. The number of nitrogens with one attached hydrogen (secondary N) is 3. The van der Waals surface area contributed by atoms with Gasteiger partial charge in [-0.2, -0.15) is 0 Å². The highest BCUT2D eigenvalue weighted by Gasteiger charge is 2.53. The summed E-state index contributed by atoms with van der Waals surface area (Å²) in [6.07, 6.45) is 6.61. The van der Waals surface area contributed by atoms with Crippen molar-refractivity contribution in [1.29, 1.82) is 0 Å². The summed E-state index contributed by atoms with van der Waals surface area (Å²) in [4.78, 5) is 49.3. The molecule has 0 radical (unpaired) electrons. The van der Waals surface area contributed by atoms with Crippen LogP contribution < -0.4 is 21.5 Å². The highest BCUT2D eigenvalue weighted by atomic mass is 16.2. The number of aryl methyl sites for hydroxylation is 1. The van der Waals surface area contributed by atoms with Crippen molar-refractivity contribution in [3.05, 3.63) is 40.1 Å². The maximum absolute atomic E-state index is 13.7. The first-order valence-electron chi connectivity index (χ1n) is 12.0. The minimum absolute atomic E-state index is 0.0441. The number of anilines is 3. The molecule has 0 aromatic carbocycles. The summed E-state index contributed by atoms with van der Waals surface area (Å²) >= 11 is 0. The molecule has 2 aromatic heterocycles. The number of likely N-dealkylation sites (tertiary alicyclic amines) is 1. The highest BCUT2D eigenvalue weighted by molar-refractivity contribution is 5.97. The summed E-state index contributed by atoms with van der Waals surface area (Å²) in [5, 5.41) is 9.06. The van der Waals surface area contributed by atoms with Crippen molar-refractivity contribution in [2.75, 3.05) is 30.8 Å². The lowest BCUT2D eigenvalue weighted by molar-refractivity contribution is -0.117. The minimum Gasteiger partial charge on any atom is -0.336 e. The van der Waals surface area contributed by atoms with E-state index in [4.69, 9.17) is 0 Å². The Morgan fingerprint density at radius 2 is 1.79 bits per heavy atom. The van der Waals surface area contributed by atoms with E-state index in [9.17, 15) is 14.4 Å². The average Bonchev–Trinajstić information content (AvgIpc) is 3.58. The maximum atomic E-state index is 13.7. The van der Waals surface area contributed by atoms with E-state index in [1.54, 1.807) is 16.7 Å². The SMILES string of the molecule is Cc1cc(Nc2cc(NC(=O)C3CC3)ncn2)c(=O)n2c1C(=O)NC21CCC2(CC1)CN(C)C2. The third-order valence-electron chi connectivity index (χ3n) is 7.86. The fourth-order valence-corrected chi connectivity index (χ4v) is 6.01. The van der Waals surface area contributed by atoms with Crippen LogP contribution in [0.4, 0.5) is 17.3 Å². The maximum Gasteiger partial charge on any atom is 0.276 e. The topological polar surface area (TPSA) is 121 Å². The monoisotopic (exact) mass is 463 g/mol. The van der Waals surface area contributed by atoms with E-state index in [2.05, 4.69) is 37.9 Å². The molecule has 2 saturated carbocycles. The summed E-state index contributed by atoms with van der Waals surface area (Å²) in [6.45, 7) is 4.00. The van der Waals surface area contributed by atoms with Gasteiger partial charge in [0.25, 0.3) is 11.5 Å². The molecule has 10 nitrogen and oxygen atoms in total. The van der Waals surface area contributed by atoms with Crippen molar-refractivity contribution in [3.63, 3.8) is 0 Å². The first-order valence-corrected chi connectivity index (χ1v) is 12.0. The molecular weight excluding hydrogens is 434 g/mol. The molecular formula is C24H29N7O3. The number of hydrogen-bond donors (Lipinski definition) is 3. The van der Waals surface area contributed by atoms with Gasteiger partial charge in [-0.3, -0.25) is 19.0 Å². The number of carbonyl (C=O) groups is 2. The summed E-state index contributed by atoms with van der Waals surface area (Å²) in [5.74, 6) is 0.632. The number of fused-ring (bicyclic) bond motifs is 2. The third-order valence-corrected chi connectivity index (χ3v) is 7.86. The molecule has 3 fully saturated rings. The molecule has 2 aromatic rings. The van der Waals surface area contributed by atoms with E-state index < -0.39 is 5.66 Å². The molecule has 10 heteroatoms. The van der Waals surface area contributed by atoms with Crippen LogP contribution in [0.2, 0.25) is 0 Å². The van der Waals surface area contributed by atoms with Gasteiger partial charge in [0.1, 0.15) is 35.0 Å². The molecule has 2 aliphatic heterocycles. The van der Waals surface area contributed by atoms with Crippen LogP contribution in [0.5, 0.6) is 0 Å². The van der Waals surface area contributed by atoms with Gasteiger partial charge in [-0.1, -0.05) is 0 Å². The molecule has 2 spiro atoms. The van der Waals surface area contributed by atoms with Gasteiger partial charge in [0.15, 0.2) is 0 Å². The van der Waals surface area contributed by atoms with E-state index in [-0.39, 0.29) is 23.3 Å². The van der Waals surface area contributed by atoms with Crippen LogP contribution in [0.3, 0.4) is 0 Å². The standard InChI is InChI=1S/C24H29N7O3/c1-14-9-16(27-17-10-18(26-13-25-17)28-20(32)15-3-4-15)22(34)31-19(14)21(33)29-24(31)7-5-23(6-8-24)11-30(2)12-23/h9-10,13,15H,3-8,11-12H2,1-2H3,(H,29,33)(H2,25,26,27,28,32). The van der Waals surface area contributed by atoms with E-state index in [1.807, 2.05) is 6.92 Å². The molecule has 4 aliphatic rings. The smallest absolute Gasteiger partial charge is 0.276 e. The van der Waals surface area contributed by atoms with Gasteiger partial charge in [-0.05, 0) is 69.5 Å². The molecule has 4 heterocycles. The number of hydrogen-bond acceptors (Lipinski definition) is 7. The molecule has 2 aliphatic carbocycles. The molecule has 2 amide bonds. The number of nitrogens with zero attached hydrogens (tertiary/aromatic N) is 4. The van der Waals surface area contributed by atoms with Crippen molar-refractivity contribution < 1.29 is 9.59 Å². The van der Waals surface area contributed by atoms with Crippen LogP contribution >= 0.6 is 0 Å². The van der Waals surface area contributed by atoms with Crippen molar-refractivity contribution in [2.45, 2.75) is 51.1 Å². The summed E-state index contributed by atoms with van der Waals surface area (Å²) in [7, 11) is 2.13. The Morgan fingerprint density at radius 1 is 1.09 bits per heavy atom. The molecule has 3 N–H and O–H groups in total. The molecule has 0 atom stereocenters. The number of amides is 2. The lowest BCUT2D eigenvalue weighted by Gasteiger charge is -2.54. The minimum atomic E-state index is -0.680. The second-order valence-corrected chi connectivity index (χ2v) is 10.6. The second kappa shape index (κ2) is 7.36. The zero-order valence-electron chi connectivity index (χ0n) is 19.5. The van der Waals surface area contributed by atoms with Crippen molar-refractivity contribution in [3.8, 4) is 0 Å².